The lowest BCUT2D eigenvalue weighted by Crippen LogP contribution is -2.24. The van der Waals surface area contributed by atoms with Gasteiger partial charge in [0, 0.05) is 12.2 Å². The van der Waals surface area contributed by atoms with Crippen LogP contribution in [0.15, 0.2) is 25.3 Å². The van der Waals surface area contributed by atoms with Crippen molar-refractivity contribution in [3.8, 4) is 0 Å². The topological polar surface area (TPSA) is 52.6 Å². The minimum Gasteiger partial charge on any atom is -0.459 e. The standard InChI is InChI=1S/C15H24O4/c1-4-7-8-9-10-11-13(19-15(17)6-3)12-18-14(16)5-2/h5-6,13H,2-4,7-12H2,1H3. The molecule has 0 aromatic rings. The van der Waals surface area contributed by atoms with E-state index in [9.17, 15) is 9.59 Å². The van der Waals surface area contributed by atoms with E-state index in [1.807, 2.05) is 0 Å². The summed E-state index contributed by atoms with van der Waals surface area (Å²) in [5.74, 6) is -1.00. The Bertz CT molecular complexity index is 297. The number of carbonyl (C=O) groups excluding carboxylic acids is 2. The van der Waals surface area contributed by atoms with E-state index in [0.717, 1.165) is 25.0 Å². The number of hydrogen-bond donors (Lipinski definition) is 0. The van der Waals surface area contributed by atoms with Crippen molar-refractivity contribution in [1.29, 1.82) is 0 Å². The Kier molecular flexibility index (Phi) is 10.6. The van der Waals surface area contributed by atoms with Crippen molar-refractivity contribution in [2.75, 3.05) is 6.61 Å². The zero-order chi connectivity index (χ0) is 14.5. The van der Waals surface area contributed by atoms with Crippen LogP contribution in [0.1, 0.15) is 45.4 Å². The van der Waals surface area contributed by atoms with Gasteiger partial charge in [-0.25, -0.2) is 9.59 Å². The third kappa shape index (κ3) is 10.1. The second-order valence-electron chi connectivity index (χ2n) is 4.30. The van der Waals surface area contributed by atoms with E-state index >= 15 is 0 Å². The smallest absolute Gasteiger partial charge is 0.330 e. The molecule has 0 spiro atoms. The first-order chi connectivity index (χ1) is 9.13. The molecule has 0 aliphatic carbocycles. The van der Waals surface area contributed by atoms with E-state index in [2.05, 4.69) is 20.1 Å². The molecule has 0 fully saturated rings. The molecule has 0 rings (SSSR count). The summed E-state index contributed by atoms with van der Waals surface area (Å²) in [6, 6.07) is 0. The van der Waals surface area contributed by atoms with Gasteiger partial charge in [0.05, 0.1) is 0 Å². The molecule has 0 saturated heterocycles. The van der Waals surface area contributed by atoms with Gasteiger partial charge >= 0.3 is 11.9 Å². The second kappa shape index (κ2) is 11.5. The number of carbonyl (C=O) groups is 2. The van der Waals surface area contributed by atoms with Crippen molar-refractivity contribution < 1.29 is 19.1 Å². The van der Waals surface area contributed by atoms with Gasteiger partial charge in [0.1, 0.15) is 12.7 Å². The summed E-state index contributed by atoms with van der Waals surface area (Å²) in [5.41, 5.74) is 0. The van der Waals surface area contributed by atoms with Crippen molar-refractivity contribution in [2.45, 2.75) is 51.6 Å². The van der Waals surface area contributed by atoms with Crippen LogP contribution in [-0.4, -0.2) is 24.6 Å². The fraction of sp³-hybridized carbons (Fsp3) is 0.600. The normalized spacial score (nSPS) is 11.4. The Morgan fingerprint density at radius 1 is 1.05 bits per heavy atom. The van der Waals surface area contributed by atoms with Crippen LogP contribution in [0.4, 0.5) is 0 Å². The molecule has 1 unspecified atom stereocenters. The van der Waals surface area contributed by atoms with Gasteiger partial charge in [0.25, 0.3) is 0 Å². The fourth-order valence-electron chi connectivity index (χ4n) is 1.60. The molecule has 19 heavy (non-hydrogen) atoms. The van der Waals surface area contributed by atoms with Gasteiger partial charge < -0.3 is 9.47 Å². The van der Waals surface area contributed by atoms with Gasteiger partial charge in [-0.15, -0.1) is 0 Å². The van der Waals surface area contributed by atoms with Gasteiger partial charge in [-0.05, 0) is 12.8 Å². The Morgan fingerprint density at radius 3 is 2.26 bits per heavy atom. The molecule has 4 heteroatoms. The summed E-state index contributed by atoms with van der Waals surface area (Å²) in [6.45, 7) is 8.88. The SMILES string of the molecule is C=CC(=O)OCC(CCCCCCC)OC(=O)C=C. The monoisotopic (exact) mass is 268 g/mol. The van der Waals surface area contributed by atoms with E-state index in [-0.39, 0.29) is 6.61 Å². The molecule has 0 radical (unpaired) electrons. The van der Waals surface area contributed by atoms with E-state index in [4.69, 9.17) is 9.47 Å². The van der Waals surface area contributed by atoms with E-state index in [0.29, 0.717) is 6.42 Å². The third-order valence-electron chi connectivity index (χ3n) is 2.66. The molecule has 0 aromatic heterocycles. The molecular weight excluding hydrogens is 244 g/mol. The molecule has 4 nitrogen and oxygen atoms in total. The number of rotatable bonds is 11. The lowest BCUT2D eigenvalue weighted by atomic mass is 10.1. The molecule has 0 aliphatic heterocycles. The molecule has 1 atom stereocenters. The zero-order valence-corrected chi connectivity index (χ0v) is 11.7. The predicted molar refractivity (Wildman–Crippen MR) is 74.6 cm³/mol. The highest BCUT2D eigenvalue weighted by Crippen LogP contribution is 2.10. The van der Waals surface area contributed by atoms with Gasteiger partial charge in [0.2, 0.25) is 0 Å². The highest BCUT2D eigenvalue weighted by molar-refractivity contribution is 5.82. The minimum atomic E-state index is -0.509. The summed E-state index contributed by atoms with van der Waals surface area (Å²) in [5, 5.41) is 0. The van der Waals surface area contributed by atoms with Crippen molar-refractivity contribution >= 4 is 11.9 Å². The Hall–Kier alpha value is -1.58. The van der Waals surface area contributed by atoms with Crippen LogP contribution in [0, 0.1) is 0 Å². The quantitative estimate of drug-likeness (QED) is 0.328. The summed E-state index contributed by atoms with van der Waals surface area (Å²) in [7, 11) is 0. The summed E-state index contributed by atoms with van der Waals surface area (Å²) in [6.07, 6.45) is 8.09. The van der Waals surface area contributed by atoms with E-state index in [1.54, 1.807) is 0 Å². The Balaban J connectivity index is 4.02. The van der Waals surface area contributed by atoms with Gasteiger partial charge in [-0.1, -0.05) is 45.8 Å². The van der Waals surface area contributed by atoms with Crippen LogP contribution in [0.5, 0.6) is 0 Å². The van der Waals surface area contributed by atoms with Crippen LogP contribution in [-0.2, 0) is 19.1 Å². The molecular formula is C15H24O4. The molecule has 0 heterocycles. The summed E-state index contributed by atoms with van der Waals surface area (Å²) in [4.78, 5) is 22.2. The third-order valence-corrected chi connectivity index (χ3v) is 2.66. The molecule has 0 aliphatic rings. The molecule has 0 amide bonds. The first kappa shape index (κ1) is 17.4. The van der Waals surface area contributed by atoms with Crippen molar-refractivity contribution in [1.82, 2.24) is 0 Å². The highest BCUT2D eigenvalue weighted by atomic mass is 16.6. The number of unbranched alkanes of at least 4 members (excludes halogenated alkanes) is 4. The maximum atomic E-state index is 11.2. The van der Waals surface area contributed by atoms with Gasteiger partial charge in [-0.2, -0.15) is 0 Å². The van der Waals surface area contributed by atoms with Gasteiger partial charge in [0.15, 0.2) is 0 Å². The number of ether oxygens (including phenoxy) is 2. The van der Waals surface area contributed by atoms with Crippen molar-refractivity contribution in [3.63, 3.8) is 0 Å². The van der Waals surface area contributed by atoms with Crippen molar-refractivity contribution in [2.24, 2.45) is 0 Å². The van der Waals surface area contributed by atoms with E-state index in [1.165, 1.54) is 19.3 Å². The first-order valence-electron chi connectivity index (χ1n) is 6.76. The fourth-order valence-corrected chi connectivity index (χ4v) is 1.60. The predicted octanol–water partition coefficient (Wildman–Crippen LogP) is 3.17. The highest BCUT2D eigenvalue weighted by Gasteiger charge is 2.14. The summed E-state index contributed by atoms with van der Waals surface area (Å²) >= 11 is 0. The second-order valence-corrected chi connectivity index (χ2v) is 4.30. The Morgan fingerprint density at radius 2 is 1.68 bits per heavy atom. The molecule has 0 aromatic carbocycles. The molecule has 0 bridgehead atoms. The molecule has 0 N–H and O–H groups in total. The lowest BCUT2D eigenvalue weighted by Gasteiger charge is -2.16. The van der Waals surface area contributed by atoms with Gasteiger partial charge in [-0.3, -0.25) is 0 Å². The maximum Gasteiger partial charge on any atom is 0.330 e. The largest absolute Gasteiger partial charge is 0.459 e. The van der Waals surface area contributed by atoms with Crippen LogP contribution >= 0.6 is 0 Å². The first-order valence-corrected chi connectivity index (χ1v) is 6.76. The maximum absolute atomic E-state index is 11.2. The van der Waals surface area contributed by atoms with Crippen LogP contribution < -0.4 is 0 Å². The van der Waals surface area contributed by atoms with Crippen LogP contribution in [0.2, 0.25) is 0 Å². The summed E-state index contributed by atoms with van der Waals surface area (Å²) < 4.78 is 10.0. The molecule has 108 valence electrons. The Labute approximate surface area is 115 Å². The average molecular weight is 268 g/mol. The average Bonchev–Trinajstić information content (AvgIpc) is 2.43. The minimum absolute atomic E-state index is 0.0677. The van der Waals surface area contributed by atoms with E-state index < -0.39 is 18.0 Å². The lowest BCUT2D eigenvalue weighted by molar-refractivity contribution is -0.153. The van der Waals surface area contributed by atoms with Crippen LogP contribution in [0.25, 0.3) is 0 Å². The van der Waals surface area contributed by atoms with Crippen molar-refractivity contribution in [3.05, 3.63) is 25.3 Å². The number of hydrogen-bond acceptors (Lipinski definition) is 4. The zero-order valence-electron chi connectivity index (χ0n) is 11.7. The molecule has 0 saturated carbocycles. The number of esters is 2. The van der Waals surface area contributed by atoms with Crippen LogP contribution in [0.3, 0.4) is 0 Å².